The van der Waals surface area contributed by atoms with E-state index in [-0.39, 0.29) is 0 Å². The van der Waals surface area contributed by atoms with E-state index in [4.69, 9.17) is 5.73 Å². The Balaban J connectivity index is 2.11. The highest BCUT2D eigenvalue weighted by Crippen LogP contribution is 2.19. The molecule has 0 saturated carbocycles. The summed E-state index contributed by atoms with van der Waals surface area (Å²) in [4.78, 5) is 7.88. The van der Waals surface area contributed by atoms with E-state index >= 15 is 0 Å². The predicted molar refractivity (Wildman–Crippen MR) is 71.0 cm³/mol. The summed E-state index contributed by atoms with van der Waals surface area (Å²) in [5.74, 6) is 1.46. The molecule has 0 aliphatic carbocycles. The Labute approximate surface area is 102 Å². The van der Waals surface area contributed by atoms with E-state index < -0.39 is 0 Å². The number of imidazole rings is 1. The van der Waals surface area contributed by atoms with Gasteiger partial charge in [0.05, 0.1) is 5.69 Å². The van der Waals surface area contributed by atoms with Crippen molar-refractivity contribution in [2.24, 2.45) is 0 Å². The Bertz CT molecular complexity index is 477. The summed E-state index contributed by atoms with van der Waals surface area (Å²) < 4.78 is 0. The first-order chi connectivity index (χ1) is 8.06. The van der Waals surface area contributed by atoms with Crippen LogP contribution in [0.25, 0.3) is 0 Å². The lowest BCUT2D eigenvalue weighted by atomic mass is 10.0. The smallest absolute Gasteiger partial charge is 0.109 e. The molecule has 1 atom stereocenters. The number of nitrogens with zero attached hydrogens (tertiary/aromatic N) is 1. The van der Waals surface area contributed by atoms with Gasteiger partial charge in [-0.3, -0.25) is 0 Å². The van der Waals surface area contributed by atoms with Gasteiger partial charge < -0.3 is 10.7 Å². The molecule has 0 amide bonds. The van der Waals surface area contributed by atoms with Crippen LogP contribution in [-0.4, -0.2) is 9.97 Å². The van der Waals surface area contributed by atoms with Crippen LogP contribution in [0.15, 0.2) is 24.3 Å². The summed E-state index contributed by atoms with van der Waals surface area (Å²) in [6.07, 6.45) is 0.979. The maximum atomic E-state index is 5.67. The molecule has 0 radical (unpaired) electrons. The zero-order chi connectivity index (χ0) is 12.4. The number of nitrogens with one attached hydrogen (secondary N) is 1. The first-order valence-corrected chi connectivity index (χ1v) is 5.94. The van der Waals surface area contributed by atoms with Gasteiger partial charge in [-0.2, -0.15) is 0 Å². The number of aromatic amines is 1. The minimum Gasteiger partial charge on any atom is -0.399 e. The highest BCUT2D eigenvalue weighted by Gasteiger charge is 2.11. The average molecular weight is 229 g/mol. The molecule has 3 N–H and O–H groups in total. The van der Waals surface area contributed by atoms with Gasteiger partial charge >= 0.3 is 0 Å². The van der Waals surface area contributed by atoms with Crippen molar-refractivity contribution in [3.8, 4) is 0 Å². The summed E-state index contributed by atoms with van der Waals surface area (Å²) in [5, 5.41) is 0. The maximum Gasteiger partial charge on any atom is 0.109 e. The van der Waals surface area contributed by atoms with Crippen LogP contribution in [0.1, 0.15) is 35.6 Å². The lowest BCUT2D eigenvalue weighted by Gasteiger charge is -2.08. The Kier molecular flexibility index (Phi) is 3.18. The number of rotatable bonds is 3. The quantitative estimate of drug-likeness (QED) is 0.795. The fraction of sp³-hybridized carbons (Fsp3) is 0.357. The normalized spacial score (nSPS) is 12.6. The van der Waals surface area contributed by atoms with Gasteiger partial charge in [-0.1, -0.05) is 19.1 Å². The minimum atomic E-state index is 0.394. The molecule has 0 bridgehead atoms. The lowest BCUT2D eigenvalue weighted by Crippen LogP contribution is -2.01. The molecule has 1 aromatic heterocycles. The molecule has 1 unspecified atom stereocenters. The van der Waals surface area contributed by atoms with Crippen molar-refractivity contribution in [1.29, 1.82) is 0 Å². The first-order valence-electron chi connectivity index (χ1n) is 5.94. The molecule has 0 aliphatic heterocycles. The number of H-pyrrole nitrogens is 1. The number of hydrogen-bond donors (Lipinski definition) is 2. The molecule has 1 heterocycles. The van der Waals surface area contributed by atoms with Gasteiger partial charge in [-0.15, -0.1) is 0 Å². The number of nitrogens with two attached hydrogens (primary N) is 1. The first kappa shape index (κ1) is 11.7. The average Bonchev–Trinajstić information content (AvgIpc) is 2.63. The molecule has 90 valence electrons. The van der Waals surface area contributed by atoms with Gasteiger partial charge in [0.1, 0.15) is 5.82 Å². The number of aryl methyl sites for hydroxylation is 2. The molecule has 17 heavy (non-hydrogen) atoms. The van der Waals surface area contributed by atoms with Gasteiger partial charge in [0, 0.05) is 17.3 Å². The number of hydrogen-bond acceptors (Lipinski definition) is 2. The zero-order valence-corrected chi connectivity index (χ0v) is 10.6. The van der Waals surface area contributed by atoms with Crippen LogP contribution in [0.4, 0.5) is 5.69 Å². The highest BCUT2D eigenvalue weighted by atomic mass is 14.9. The molecule has 2 rings (SSSR count). The summed E-state index contributed by atoms with van der Waals surface area (Å²) in [5.41, 5.74) is 10.0. The zero-order valence-electron chi connectivity index (χ0n) is 10.6. The second-order valence-corrected chi connectivity index (χ2v) is 4.68. The van der Waals surface area contributed by atoms with E-state index in [1.54, 1.807) is 0 Å². The van der Waals surface area contributed by atoms with Crippen molar-refractivity contribution in [1.82, 2.24) is 9.97 Å². The Morgan fingerprint density at radius 1 is 1.24 bits per heavy atom. The van der Waals surface area contributed by atoms with E-state index in [9.17, 15) is 0 Å². The molecule has 2 aromatic rings. The molecular weight excluding hydrogens is 210 g/mol. The lowest BCUT2D eigenvalue weighted by molar-refractivity contribution is 0.708. The molecule has 0 fully saturated rings. The Hall–Kier alpha value is -1.77. The molecule has 0 saturated heterocycles. The third-order valence-electron chi connectivity index (χ3n) is 3.13. The van der Waals surface area contributed by atoms with Crippen LogP contribution < -0.4 is 5.73 Å². The maximum absolute atomic E-state index is 5.67. The van der Waals surface area contributed by atoms with Crippen molar-refractivity contribution in [2.45, 2.75) is 33.1 Å². The monoisotopic (exact) mass is 229 g/mol. The fourth-order valence-corrected chi connectivity index (χ4v) is 1.91. The molecule has 3 nitrogen and oxygen atoms in total. The summed E-state index contributed by atoms with van der Waals surface area (Å²) in [6.45, 7) is 6.28. The van der Waals surface area contributed by atoms with E-state index in [1.165, 1.54) is 5.56 Å². The Morgan fingerprint density at radius 3 is 2.41 bits per heavy atom. The van der Waals surface area contributed by atoms with Crippen LogP contribution >= 0.6 is 0 Å². The number of anilines is 1. The van der Waals surface area contributed by atoms with Crippen molar-refractivity contribution in [3.05, 3.63) is 47.0 Å². The predicted octanol–water partition coefficient (Wildman–Crippen LogP) is 2.95. The molecule has 0 aliphatic rings. The molecular formula is C14H19N3. The van der Waals surface area contributed by atoms with Crippen LogP contribution in [0.2, 0.25) is 0 Å². The Morgan fingerprint density at radius 2 is 1.88 bits per heavy atom. The minimum absolute atomic E-state index is 0.394. The van der Waals surface area contributed by atoms with E-state index in [1.807, 2.05) is 19.1 Å². The van der Waals surface area contributed by atoms with E-state index in [0.29, 0.717) is 5.92 Å². The molecule has 1 aromatic carbocycles. The van der Waals surface area contributed by atoms with Crippen molar-refractivity contribution in [3.63, 3.8) is 0 Å². The number of aromatic nitrogens is 2. The van der Waals surface area contributed by atoms with Gasteiger partial charge in [0.25, 0.3) is 0 Å². The summed E-state index contributed by atoms with van der Waals surface area (Å²) in [6, 6.07) is 8.05. The second-order valence-electron chi connectivity index (χ2n) is 4.68. The SMILES string of the molecule is Cc1nc(C(C)Cc2ccc(N)cc2)[nH]c1C. The standard InChI is InChI=1S/C14H19N3/c1-9(14-16-10(2)11(3)17-14)8-12-4-6-13(15)7-5-12/h4-7,9H,8,15H2,1-3H3,(H,16,17). The van der Waals surface area contributed by atoms with Gasteiger partial charge in [-0.05, 0) is 38.0 Å². The number of benzene rings is 1. The van der Waals surface area contributed by atoms with Gasteiger partial charge in [-0.25, -0.2) is 4.98 Å². The van der Waals surface area contributed by atoms with E-state index in [0.717, 1.165) is 29.3 Å². The van der Waals surface area contributed by atoms with E-state index in [2.05, 4.69) is 35.9 Å². The molecule has 0 spiro atoms. The van der Waals surface area contributed by atoms with Crippen LogP contribution in [0, 0.1) is 13.8 Å². The fourth-order valence-electron chi connectivity index (χ4n) is 1.91. The summed E-state index contributed by atoms with van der Waals surface area (Å²) in [7, 11) is 0. The van der Waals surface area contributed by atoms with Gasteiger partial charge in [0.2, 0.25) is 0 Å². The largest absolute Gasteiger partial charge is 0.399 e. The second kappa shape index (κ2) is 4.62. The third-order valence-corrected chi connectivity index (χ3v) is 3.13. The summed E-state index contributed by atoms with van der Waals surface area (Å²) >= 11 is 0. The van der Waals surface area contributed by atoms with Crippen LogP contribution in [0.3, 0.4) is 0 Å². The number of nitrogen functional groups attached to an aromatic ring is 1. The third kappa shape index (κ3) is 2.67. The topological polar surface area (TPSA) is 54.7 Å². The van der Waals surface area contributed by atoms with Gasteiger partial charge in [0.15, 0.2) is 0 Å². The van der Waals surface area contributed by atoms with Crippen molar-refractivity contribution < 1.29 is 0 Å². The van der Waals surface area contributed by atoms with Crippen LogP contribution in [-0.2, 0) is 6.42 Å². The van der Waals surface area contributed by atoms with Crippen LogP contribution in [0.5, 0.6) is 0 Å². The van der Waals surface area contributed by atoms with Crippen molar-refractivity contribution >= 4 is 5.69 Å². The highest BCUT2D eigenvalue weighted by molar-refractivity contribution is 5.39. The molecule has 3 heteroatoms. The van der Waals surface area contributed by atoms with Crippen molar-refractivity contribution in [2.75, 3.05) is 5.73 Å².